The van der Waals surface area contributed by atoms with Gasteiger partial charge in [0.1, 0.15) is 0 Å². The maximum Gasteiger partial charge on any atom is 0.416 e. The Balaban J connectivity index is 3.54. The van der Waals surface area contributed by atoms with Crippen molar-refractivity contribution in [1.29, 1.82) is 0 Å². The molecular weight excluding hydrogens is 281 g/mol. The van der Waals surface area contributed by atoms with Crippen LogP contribution in [0.4, 0.5) is 27.6 Å². The molecule has 0 aromatic heterocycles. The lowest BCUT2D eigenvalue weighted by molar-refractivity contribution is -0.385. The first-order chi connectivity index (χ1) is 8.46. The number of nitro groups is 1. The van der Waals surface area contributed by atoms with Crippen LogP contribution in [0.5, 0.6) is 0 Å². The summed E-state index contributed by atoms with van der Waals surface area (Å²) >= 11 is 0. The van der Waals surface area contributed by atoms with E-state index in [0.717, 1.165) is 0 Å². The van der Waals surface area contributed by atoms with E-state index in [2.05, 4.69) is 0 Å². The van der Waals surface area contributed by atoms with E-state index < -0.39 is 39.8 Å². The third-order valence-electron chi connectivity index (χ3n) is 2.09. The molecule has 0 atom stereocenters. The van der Waals surface area contributed by atoms with E-state index in [9.17, 15) is 36.9 Å². The Morgan fingerprint density at radius 2 is 1.58 bits per heavy atom. The van der Waals surface area contributed by atoms with Crippen LogP contribution in [0.2, 0.25) is 0 Å². The second kappa shape index (κ2) is 4.44. The number of halogens is 5. The molecule has 1 aromatic rings. The van der Waals surface area contributed by atoms with Crippen LogP contribution in [-0.4, -0.2) is 16.0 Å². The summed E-state index contributed by atoms with van der Waals surface area (Å²) in [6.45, 7) is 0. The van der Waals surface area contributed by atoms with Crippen LogP contribution in [0, 0.1) is 10.1 Å². The smallest absolute Gasteiger partial charge is 0.416 e. The molecule has 0 heterocycles. The number of alkyl halides is 5. The van der Waals surface area contributed by atoms with Gasteiger partial charge in [0.2, 0.25) is 0 Å². The van der Waals surface area contributed by atoms with Crippen LogP contribution in [0.15, 0.2) is 18.2 Å². The maximum absolute atomic E-state index is 13.1. The third kappa shape index (κ3) is 2.95. The molecule has 0 bridgehead atoms. The van der Waals surface area contributed by atoms with Crippen molar-refractivity contribution in [3.63, 3.8) is 0 Å². The summed E-state index contributed by atoms with van der Waals surface area (Å²) in [5.74, 6) is -7.37. The molecule has 0 amide bonds. The fourth-order valence-corrected chi connectivity index (χ4v) is 1.18. The van der Waals surface area contributed by atoms with E-state index >= 15 is 0 Å². The van der Waals surface area contributed by atoms with Crippen LogP contribution < -0.4 is 0 Å². The molecular formula is C9H4F5NO4. The molecule has 0 fully saturated rings. The zero-order valence-electron chi connectivity index (χ0n) is 8.74. The highest BCUT2D eigenvalue weighted by atomic mass is 19.4. The molecule has 0 aliphatic heterocycles. The molecule has 5 nitrogen and oxygen atoms in total. The largest absolute Gasteiger partial charge is 0.477 e. The van der Waals surface area contributed by atoms with E-state index in [-0.39, 0.29) is 18.2 Å². The number of benzene rings is 1. The average molecular weight is 285 g/mol. The number of nitro benzene ring substituents is 1. The first-order valence-corrected chi connectivity index (χ1v) is 4.44. The van der Waals surface area contributed by atoms with Crippen molar-refractivity contribution in [2.75, 3.05) is 0 Å². The maximum atomic E-state index is 13.1. The summed E-state index contributed by atoms with van der Waals surface area (Å²) in [6, 6.07) is -0.00803. The number of aliphatic carboxylic acids is 1. The Morgan fingerprint density at radius 3 is 1.95 bits per heavy atom. The molecule has 0 spiro atoms. The van der Waals surface area contributed by atoms with E-state index in [1.165, 1.54) is 0 Å². The summed E-state index contributed by atoms with van der Waals surface area (Å²) in [4.78, 5) is 19.3. The monoisotopic (exact) mass is 285 g/mol. The van der Waals surface area contributed by atoms with Gasteiger partial charge in [-0.15, -0.1) is 0 Å². The van der Waals surface area contributed by atoms with Crippen LogP contribution in [0.3, 0.4) is 0 Å². The summed E-state index contributed by atoms with van der Waals surface area (Å²) in [5, 5.41) is 18.6. The van der Waals surface area contributed by atoms with E-state index in [0.29, 0.717) is 0 Å². The van der Waals surface area contributed by atoms with Crippen LogP contribution in [0.1, 0.15) is 11.1 Å². The minimum absolute atomic E-state index is 0.0431. The summed E-state index contributed by atoms with van der Waals surface area (Å²) in [6.07, 6.45) is -5.12. The van der Waals surface area contributed by atoms with Crippen molar-refractivity contribution in [2.24, 2.45) is 0 Å². The second-order valence-electron chi connectivity index (χ2n) is 3.40. The molecule has 0 aliphatic carbocycles. The summed E-state index contributed by atoms with van der Waals surface area (Å²) in [7, 11) is 0. The lowest BCUT2D eigenvalue weighted by Crippen LogP contribution is -2.26. The first-order valence-electron chi connectivity index (χ1n) is 4.44. The normalized spacial score (nSPS) is 12.3. The van der Waals surface area contributed by atoms with Gasteiger partial charge < -0.3 is 5.11 Å². The van der Waals surface area contributed by atoms with Gasteiger partial charge in [0.25, 0.3) is 5.69 Å². The van der Waals surface area contributed by atoms with Crippen molar-refractivity contribution >= 4 is 11.7 Å². The molecule has 1 aromatic carbocycles. The molecule has 0 aliphatic rings. The number of non-ortho nitro benzene ring substituents is 1. The molecule has 104 valence electrons. The number of hydrogen-bond acceptors (Lipinski definition) is 3. The molecule has 0 unspecified atom stereocenters. The fraction of sp³-hybridized carbons (Fsp3) is 0.222. The molecule has 1 rings (SSSR count). The van der Waals surface area contributed by atoms with Gasteiger partial charge in [-0.25, -0.2) is 4.79 Å². The van der Waals surface area contributed by atoms with Gasteiger partial charge in [0.05, 0.1) is 10.5 Å². The minimum atomic E-state index is -5.12. The number of carboxylic acids is 1. The molecule has 0 radical (unpaired) electrons. The standard InChI is InChI=1S/C9H4F5NO4/c10-8(11,7(16)17)4-1-5(9(12,13)14)3-6(2-4)15(18)19/h1-3H,(H,16,17). The van der Waals surface area contributed by atoms with Crippen molar-refractivity contribution in [2.45, 2.75) is 12.1 Å². The Labute approximate surface area is 101 Å². The van der Waals surface area contributed by atoms with Gasteiger partial charge in [-0.2, -0.15) is 22.0 Å². The molecule has 10 heteroatoms. The van der Waals surface area contributed by atoms with Crippen molar-refractivity contribution in [3.8, 4) is 0 Å². The van der Waals surface area contributed by atoms with Crippen molar-refractivity contribution in [1.82, 2.24) is 0 Å². The number of carbonyl (C=O) groups is 1. The van der Waals surface area contributed by atoms with Gasteiger partial charge in [0.15, 0.2) is 0 Å². The average Bonchev–Trinajstić information content (AvgIpc) is 2.26. The van der Waals surface area contributed by atoms with E-state index in [1.807, 2.05) is 0 Å². The number of hydrogen-bond donors (Lipinski definition) is 1. The van der Waals surface area contributed by atoms with Gasteiger partial charge in [0, 0.05) is 17.7 Å². The quantitative estimate of drug-likeness (QED) is 0.526. The zero-order chi connectivity index (χ0) is 15.0. The summed E-state index contributed by atoms with van der Waals surface area (Å²) in [5.41, 5.74) is -4.61. The highest BCUT2D eigenvalue weighted by molar-refractivity contribution is 5.77. The lowest BCUT2D eigenvalue weighted by Gasteiger charge is -2.14. The number of nitrogens with zero attached hydrogens (tertiary/aromatic N) is 1. The summed E-state index contributed by atoms with van der Waals surface area (Å²) < 4.78 is 63.4. The molecule has 19 heavy (non-hydrogen) atoms. The van der Waals surface area contributed by atoms with E-state index in [4.69, 9.17) is 5.11 Å². The highest BCUT2D eigenvalue weighted by Crippen LogP contribution is 2.37. The van der Waals surface area contributed by atoms with Crippen LogP contribution in [-0.2, 0) is 16.9 Å². The predicted octanol–water partition coefficient (Wildman–Crippen LogP) is 2.79. The van der Waals surface area contributed by atoms with Crippen molar-refractivity contribution in [3.05, 3.63) is 39.4 Å². The SMILES string of the molecule is O=C(O)C(F)(F)c1cc([N+](=O)[O-])cc(C(F)(F)F)c1. The Bertz CT molecular complexity index is 540. The van der Waals surface area contributed by atoms with E-state index in [1.54, 1.807) is 0 Å². The Hall–Kier alpha value is -2.26. The van der Waals surface area contributed by atoms with Gasteiger partial charge in [-0.05, 0) is 6.07 Å². The Kier molecular flexibility index (Phi) is 3.46. The molecule has 1 N–H and O–H groups in total. The first kappa shape index (κ1) is 14.8. The fourth-order valence-electron chi connectivity index (χ4n) is 1.18. The third-order valence-corrected chi connectivity index (χ3v) is 2.09. The van der Waals surface area contributed by atoms with Crippen LogP contribution >= 0.6 is 0 Å². The molecule has 0 saturated heterocycles. The zero-order valence-corrected chi connectivity index (χ0v) is 8.74. The Morgan fingerprint density at radius 1 is 1.11 bits per heavy atom. The topological polar surface area (TPSA) is 80.4 Å². The van der Waals surface area contributed by atoms with Gasteiger partial charge >= 0.3 is 18.1 Å². The minimum Gasteiger partial charge on any atom is -0.477 e. The number of rotatable bonds is 3. The molecule has 0 saturated carbocycles. The number of carboxylic acid groups (broad SMARTS) is 1. The highest BCUT2D eigenvalue weighted by Gasteiger charge is 2.44. The van der Waals surface area contributed by atoms with Gasteiger partial charge in [-0.3, -0.25) is 10.1 Å². The van der Waals surface area contributed by atoms with Crippen LogP contribution in [0.25, 0.3) is 0 Å². The second-order valence-corrected chi connectivity index (χ2v) is 3.40. The van der Waals surface area contributed by atoms with Gasteiger partial charge in [-0.1, -0.05) is 0 Å². The van der Waals surface area contributed by atoms with Crippen molar-refractivity contribution < 1.29 is 36.8 Å². The predicted molar refractivity (Wildman–Crippen MR) is 49.6 cm³/mol. The lowest BCUT2D eigenvalue weighted by atomic mass is 10.0.